The Bertz CT molecular complexity index is 883. The van der Waals surface area contributed by atoms with E-state index in [1.54, 1.807) is 12.1 Å². The van der Waals surface area contributed by atoms with E-state index in [0.29, 0.717) is 26.2 Å². The molecule has 0 spiro atoms. The van der Waals surface area contributed by atoms with E-state index in [4.69, 9.17) is 4.74 Å². The Morgan fingerprint density at radius 3 is 2.19 bits per heavy atom. The molecule has 4 heterocycles. The maximum atomic E-state index is 13.0. The van der Waals surface area contributed by atoms with Gasteiger partial charge in [0.25, 0.3) is 0 Å². The minimum atomic E-state index is -3.51. The van der Waals surface area contributed by atoms with Crippen LogP contribution in [0.2, 0.25) is 0 Å². The highest BCUT2D eigenvalue weighted by Crippen LogP contribution is 2.26. The van der Waals surface area contributed by atoms with Crippen LogP contribution < -0.4 is 4.90 Å². The third kappa shape index (κ3) is 5.08. The zero-order valence-corrected chi connectivity index (χ0v) is 20.1. The number of amides is 1. The summed E-state index contributed by atoms with van der Waals surface area (Å²) in [4.78, 5) is 23.9. The maximum absolute atomic E-state index is 13.0. The zero-order valence-electron chi connectivity index (χ0n) is 19.3. The van der Waals surface area contributed by atoms with E-state index >= 15 is 0 Å². The third-order valence-corrected chi connectivity index (χ3v) is 8.60. The fourth-order valence-electron chi connectivity index (χ4n) is 4.86. The third-order valence-electron chi connectivity index (χ3n) is 6.72. The first kappa shape index (κ1) is 23.4. The van der Waals surface area contributed by atoms with Gasteiger partial charge in [-0.3, -0.25) is 4.79 Å². The molecule has 178 valence electrons. The van der Waals surface area contributed by atoms with E-state index in [1.165, 1.54) is 10.5 Å². The fraction of sp³-hybridized carbons (Fsp3) is 0.727. The molecule has 0 radical (unpaired) electrons. The Kier molecular flexibility index (Phi) is 7.04. The Hall–Kier alpha value is -1.75. The topological polar surface area (TPSA) is 86.3 Å². The summed E-state index contributed by atoms with van der Waals surface area (Å²) < 4.78 is 33.1. The number of rotatable bonds is 4. The van der Waals surface area contributed by atoms with E-state index in [9.17, 15) is 13.2 Å². The van der Waals surface area contributed by atoms with Gasteiger partial charge in [-0.1, -0.05) is 0 Å². The van der Waals surface area contributed by atoms with Gasteiger partial charge in [0.2, 0.25) is 15.9 Å². The molecule has 32 heavy (non-hydrogen) atoms. The second-order valence-corrected chi connectivity index (χ2v) is 11.3. The molecule has 1 aromatic rings. The van der Waals surface area contributed by atoms with E-state index in [2.05, 4.69) is 14.8 Å². The van der Waals surface area contributed by atoms with Crippen molar-refractivity contribution in [2.75, 3.05) is 64.3 Å². The molecule has 3 aliphatic heterocycles. The largest absolute Gasteiger partial charge is 0.372 e. The summed E-state index contributed by atoms with van der Waals surface area (Å²) >= 11 is 0. The highest BCUT2D eigenvalue weighted by atomic mass is 32.2. The Morgan fingerprint density at radius 1 is 1.00 bits per heavy atom. The highest BCUT2D eigenvalue weighted by molar-refractivity contribution is 7.89. The normalized spacial score (nSPS) is 27.0. The van der Waals surface area contributed by atoms with Crippen LogP contribution in [0.25, 0.3) is 0 Å². The average Bonchev–Trinajstić information content (AvgIpc) is 2.78. The summed E-state index contributed by atoms with van der Waals surface area (Å²) in [5.41, 5.74) is 0. The van der Waals surface area contributed by atoms with E-state index in [0.717, 1.165) is 44.8 Å². The molecule has 4 rings (SSSR count). The van der Waals surface area contributed by atoms with Crippen LogP contribution in [0.15, 0.2) is 23.2 Å². The molecule has 1 amide bonds. The van der Waals surface area contributed by atoms with Crippen molar-refractivity contribution in [2.24, 2.45) is 5.92 Å². The number of carbonyl (C=O) groups is 1. The van der Waals surface area contributed by atoms with Crippen LogP contribution in [0.5, 0.6) is 0 Å². The lowest BCUT2D eigenvalue weighted by Gasteiger charge is -2.39. The van der Waals surface area contributed by atoms with Gasteiger partial charge >= 0.3 is 0 Å². The second kappa shape index (κ2) is 9.62. The summed E-state index contributed by atoms with van der Waals surface area (Å²) in [5.74, 6) is 1.02. The van der Waals surface area contributed by atoms with Crippen LogP contribution in [-0.2, 0) is 19.6 Å². The van der Waals surface area contributed by atoms with E-state index < -0.39 is 10.0 Å². The predicted molar refractivity (Wildman–Crippen MR) is 122 cm³/mol. The molecule has 0 bridgehead atoms. The number of hydrogen-bond acceptors (Lipinski definition) is 7. The summed E-state index contributed by atoms with van der Waals surface area (Å²) in [5, 5.41) is 0. The number of sulfonamides is 1. The van der Waals surface area contributed by atoms with Crippen molar-refractivity contribution in [3.05, 3.63) is 18.3 Å². The van der Waals surface area contributed by atoms with Crippen LogP contribution in [0.4, 0.5) is 5.82 Å². The van der Waals surface area contributed by atoms with Gasteiger partial charge in [-0.15, -0.1) is 0 Å². The van der Waals surface area contributed by atoms with Crippen molar-refractivity contribution in [3.8, 4) is 0 Å². The van der Waals surface area contributed by atoms with Crippen LogP contribution in [0.1, 0.15) is 26.7 Å². The average molecular weight is 466 g/mol. The van der Waals surface area contributed by atoms with Crippen LogP contribution in [-0.4, -0.2) is 105 Å². The Morgan fingerprint density at radius 2 is 1.62 bits per heavy atom. The lowest BCUT2D eigenvalue weighted by molar-refractivity contribution is -0.148. The van der Waals surface area contributed by atoms with Gasteiger partial charge in [-0.2, -0.15) is 4.31 Å². The summed E-state index contributed by atoms with van der Waals surface area (Å²) in [7, 11) is -1.51. The zero-order chi connectivity index (χ0) is 22.9. The van der Waals surface area contributed by atoms with Crippen molar-refractivity contribution >= 4 is 21.7 Å². The van der Waals surface area contributed by atoms with Gasteiger partial charge in [0.15, 0.2) is 0 Å². The molecule has 0 aliphatic carbocycles. The van der Waals surface area contributed by atoms with Crippen LogP contribution >= 0.6 is 0 Å². The standard InChI is InChI=1S/C22H35N5O4S/c1-17-15-26(16-18(2)31-17)22(28)19-6-8-25(9-7-19)21-5-4-20(14-23-21)32(29,30)27-12-10-24(3)11-13-27/h4-5,14,17-19H,6-13,15-16H2,1-3H3. The predicted octanol–water partition coefficient (Wildman–Crippen LogP) is 0.870. The molecule has 2 atom stereocenters. The van der Waals surface area contributed by atoms with Gasteiger partial charge < -0.3 is 19.4 Å². The molecule has 0 N–H and O–H groups in total. The van der Waals surface area contributed by atoms with Crippen LogP contribution in [0, 0.1) is 5.92 Å². The van der Waals surface area contributed by atoms with Gasteiger partial charge in [-0.05, 0) is 45.9 Å². The van der Waals surface area contributed by atoms with Crippen molar-refractivity contribution in [1.29, 1.82) is 0 Å². The molecule has 10 heteroatoms. The second-order valence-electron chi connectivity index (χ2n) is 9.32. The quantitative estimate of drug-likeness (QED) is 0.652. The number of likely N-dealkylation sites (N-methyl/N-ethyl adjacent to an activating group) is 1. The first-order valence-corrected chi connectivity index (χ1v) is 13.0. The lowest BCUT2D eigenvalue weighted by atomic mass is 9.94. The fourth-order valence-corrected chi connectivity index (χ4v) is 6.23. The number of aromatic nitrogens is 1. The molecule has 1 aromatic heterocycles. The molecule has 0 saturated carbocycles. The van der Waals surface area contributed by atoms with Crippen molar-refractivity contribution < 1.29 is 17.9 Å². The number of morpholine rings is 1. The van der Waals surface area contributed by atoms with Gasteiger partial charge in [0, 0.05) is 64.5 Å². The molecular formula is C22H35N5O4S. The number of pyridine rings is 1. The number of carbonyl (C=O) groups excluding carboxylic acids is 1. The number of piperazine rings is 1. The maximum Gasteiger partial charge on any atom is 0.244 e. The molecule has 3 aliphatic rings. The Labute approximate surface area is 191 Å². The summed E-state index contributed by atoms with van der Waals surface area (Å²) in [6, 6.07) is 3.44. The van der Waals surface area contributed by atoms with Gasteiger partial charge in [0.1, 0.15) is 10.7 Å². The van der Waals surface area contributed by atoms with Crippen molar-refractivity contribution in [2.45, 2.75) is 43.8 Å². The van der Waals surface area contributed by atoms with Crippen LogP contribution in [0.3, 0.4) is 0 Å². The van der Waals surface area contributed by atoms with Gasteiger partial charge in [0.05, 0.1) is 12.2 Å². The van der Waals surface area contributed by atoms with E-state index in [-0.39, 0.29) is 28.9 Å². The SMILES string of the molecule is CC1CN(C(=O)C2CCN(c3ccc(S(=O)(=O)N4CCN(C)CC4)cn3)CC2)CC(C)O1. The molecular weight excluding hydrogens is 430 g/mol. The summed E-state index contributed by atoms with van der Waals surface area (Å²) in [6.45, 7) is 9.30. The smallest absolute Gasteiger partial charge is 0.244 e. The molecule has 3 fully saturated rings. The molecule has 9 nitrogen and oxygen atoms in total. The van der Waals surface area contributed by atoms with Crippen molar-refractivity contribution in [3.63, 3.8) is 0 Å². The first-order valence-electron chi connectivity index (χ1n) is 11.6. The molecule has 3 saturated heterocycles. The number of ether oxygens (including phenoxy) is 1. The molecule has 2 unspecified atom stereocenters. The lowest BCUT2D eigenvalue weighted by Crippen LogP contribution is -2.51. The number of nitrogens with zero attached hydrogens (tertiary/aromatic N) is 5. The van der Waals surface area contributed by atoms with Crippen molar-refractivity contribution in [1.82, 2.24) is 19.1 Å². The minimum absolute atomic E-state index is 0.0284. The first-order chi connectivity index (χ1) is 15.2. The van der Waals surface area contributed by atoms with E-state index in [1.807, 2.05) is 25.8 Å². The number of hydrogen-bond donors (Lipinski definition) is 0. The minimum Gasteiger partial charge on any atom is -0.372 e. The monoisotopic (exact) mass is 465 g/mol. The number of anilines is 1. The molecule has 0 aromatic carbocycles. The highest BCUT2D eigenvalue weighted by Gasteiger charge is 2.33. The summed E-state index contributed by atoms with van der Waals surface area (Å²) in [6.07, 6.45) is 3.18. The number of piperidine rings is 1. The Balaban J connectivity index is 1.33. The van der Waals surface area contributed by atoms with Gasteiger partial charge in [-0.25, -0.2) is 13.4 Å².